The van der Waals surface area contributed by atoms with Gasteiger partial charge in [-0.15, -0.1) is 5.10 Å². The van der Waals surface area contributed by atoms with Gasteiger partial charge in [-0.05, 0) is 29.5 Å². The Morgan fingerprint density at radius 2 is 1.75 bits per heavy atom. The van der Waals surface area contributed by atoms with E-state index in [1.54, 1.807) is 14.1 Å². The first-order chi connectivity index (χ1) is 12.6. The van der Waals surface area contributed by atoms with Gasteiger partial charge in [-0.2, -0.15) is 31.3 Å². The normalized spacial score (nSPS) is 12.0. The smallest absolute Gasteiger partial charge is 0.347 e. The second kappa shape index (κ2) is 9.32. The number of aryl methyl sites for hydroxylation is 1. The minimum atomic E-state index is -4.57. The van der Waals surface area contributed by atoms with Gasteiger partial charge in [-0.25, -0.2) is 0 Å². The second-order valence-electron chi connectivity index (χ2n) is 6.31. The molecule has 0 atom stereocenters. The van der Waals surface area contributed by atoms with E-state index >= 15 is 0 Å². The third-order valence-corrected chi connectivity index (χ3v) is 3.62. The van der Waals surface area contributed by atoms with E-state index in [0.29, 0.717) is 18.0 Å². The third kappa shape index (κ3) is 7.14. The SMILES string of the molecule is CCc1cc(C(C)C)ccc1-n1nc(C(F)(F)F)nc1N(C)C.O=S(=O)(Cl)Cl. The Kier molecular flexibility index (Phi) is 8.16. The summed E-state index contributed by atoms with van der Waals surface area (Å²) >= 11 is 0. The highest BCUT2D eigenvalue weighted by Gasteiger charge is 2.37. The van der Waals surface area contributed by atoms with Crippen LogP contribution in [0.2, 0.25) is 0 Å². The van der Waals surface area contributed by atoms with Gasteiger partial charge in [-0.1, -0.05) is 32.9 Å². The van der Waals surface area contributed by atoms with Crippen LogP contribution in [0.1, 0.15) is 43.6 Å². The number of benzene rings is 1. The van der Waals surface area contributed by atoms with Crippen molar-refractivity contribution in [2.75, 3.05) is 19.0 Å². The van der Waals surface area contributed by atoms with Crippen LogP contribution in [-0.2, 0) is 20.9 Å². The van der Waals surface area contributed by atoms with Crippen LogP contribution >= 0.6 is 21.4 Å². The van der Waals surface area contributed by atoms with E-state index in [1.165, 1.54) is 9.58 Å². The molecule has 1 heterocycles. The number of halogens is 5. The van der Waals surface area contributed by atoms with Crippen molar-refractivity contribution in [1.82, 2.24) is 14.8 Å². The van der Waals surface area contributed by atoms with E-state index in [9.17, 15) is 13.2 Å². The number of alkyl halides is 3. The molecule has 0 aliphatic carbocycles. The van der Waals surface area contributed by atoms with Crippen molar-refractivity contribution in [2.45, 2.75) is 39.3 Å². The van der Waals surface area contributed by atoms with Crippen molar-refractivity contribution in [3.63, 3.8) is 0 Å². The Hall–Kier alpha value is -1.52. The van der Waals surface area contributed by atoms with Crippen LogP contribution in [0.25, 0.3) is 5.69 Å². The predicted molar refractivity (Wildman–Crippen MR) is 105 cm³/mol. The van der Waals surface area contributed by atoms with Crippen LogP contribution in [0.3, 0.4) is 0 Å². The maximum atomic E-state index is 13.0. The first-order valence-corrected chi connectivity index (χ1v) is 11.3. The number of nitrogens with zero attached hydrogens (tertiary/aromatic N) is 4. The average molecular weight is 461 g/mol. The van der Waals surface area contributed by atoms with Gasteiger partial charge in [0.1, 0.15) is 0 Å². The standard InChI is InChI=1S/C16H21F3N4.Cl2O2S/c1-6-11-9-12(10(2)3)7-8-13(11)23-15(22(4)5)20-14(21-23)16(17,18)19;1-5(2,3)4/h7-10H,6H2,1-5H3;. The summed E-state index contributed by atoms with van der Waals surface area (Å²) in [6, 6.07) is 5.76. The summed E-state index contributed by atoms with van der Waals surface area (Å²) in [5.41, 5.74) is 2.72. The zero-order valence-corrected chi connectivity index (χ0v) is 18.2. The fraction of sp³-hybridized carbons (Fsp3) is 0.500. The molecule has 0 fully saturated rings. The van der Waals surface area contributed by atoms with Gasteiger partial charge in [0.05, 0.1) is 5.69 Å². The van der Waals surface area contributed by atoms with E-state index in [4.69, 9.17) is 8.42 Å². The van der Waals surface area contributed by atoms with E-state index < -0.39 is 20.3 Å². The van der Waals surface area contributed by atoms with E-state index in [-0.39, 0.29) is 5.95 Å². The van der Waals surface area contributed by atoms with Crippen molar-refractivity contribution in [3.05, 3.63) is 35.2 Å². The zero-order chi connectivity index (χ0) is 21.9. The lowest BCUT2D eigenvalue weighted by molar-refractivity contribution is -0.144. The summed E-state index contributed by atoms with van der Waals surface area (Å²) in [6.07, 6.45) is -3.87. The maximum Gasteiger partial charge on any atom is 0.453 e. The van der Waals surface area contributed by atoms with Crippen LogP contribution < -0.4 is 4.90 Å². The molecule has 0 aliphatic rings. The molecule has 1 aromatic carbocycles. The summed E-state index contributed by atoms with van der Waals surface area (Å²) in [5, 5.41) is 3.69. The maximum absolute atomic E-state index is 13.0. The quantitative estimate of drug-likeness (QED) is 0.615. The Morgan fingerprint density at radius 1 is 1.21 bits per heavy atom. The fourth-order valence-electron chi connectivity index (χ4n) is 2.33. The first-order valence-electron chi connectivity index (χ1n) is 8.14. The highest BCUT2D eigenvalue weighted by molar-refractivity contribution is 8.31. The molecular weight excluding hydrogens is 440 g/mol. The zero-order valence-electron chi connectivity index (χ0n) is 15.9. The minimum Gasteiger partial charge on any atom is -0.347 e. The largest absolute Gasteiger partial charge is 0.453 e. The lowest BCUT2D eigenvalue weighted by Gasteiger charge is -2.16. The van der Waals surface area contributed by atoms with Crippen molar-refractivity contribution >= 4 is 35.6 Å². The molecule has 158 valence electrons. The average Bonchev–Trinajstić information content (AvgIpc) is 2.98. The molecule has 0 aliphatic heterocycles. The van der Waals surface area contributed by atoms with Crippen molar-refractivity contribution in [2.24, 2.45) is 0 Å². The van der Waals surface area contributed by atoms with Crippen molar-refractivity contribution < 1.29 is 21.6 Å². The van der Waals surface area contributed by atoms with E-state index in [0.717, 1.165) is 11.1 Å². The number of aromatic nitrogens is 3. The summed E-state index contributed by atoms with van der Waals surface area (Å²) in [7, 11) is 8.11. The summed E-state index contributed by atoms with van der Waals surface area (Å²) < 4.78 is 58.5. The number of hydrogen-bond acceptors (Lipinski definition) is 5. The number of anilines is 1. The third-order valence-electron chi connectivity index (χ3n) is 3.62. The topological polar surface area (TPSA) is 68.1 Å². The number of hydrogen-bond donors (Lipinski definition) is 0. The van der Waals surface area contributed by atoms with Crippen LogP contribution in [0.4, 0.5) is 19.1 Å². The molecule has 0 unspecified atom stereocenters. The van der Waals surface area contributed by atoms with E-state index in [2.05, 4.69) is 45.3 Å². The molecule has 0 spiro atoms. The Labute approximate surface area is 171 Å². The highest BCUT2D eigenvalue weighted by Crippen LogP contribution is 2.30. The highest BCUT2D eigenvalue weighted by atomic mass is 36.0. The van der Waals surface area contributed by atoms with Gasteiger partial charge in [0.2, 0.25) is 5.95 Å². The molecule has 28 heavy (non-hydrogen) atoms. The second-order valence-corrected chi connectivity index (χ2v) is 9.98. The molecule has 2 rings (SSSR count). The van der Waals surface area contributed by atoms with Gasteiger partial charge in [0.15, 0.2) is 0 Å². The molecule has 0 saturated heterocycles. The van der Waals surface area contributed by atoms with E-state index in [1.807, 2.05) is 25.1 Å². The molecule has 0 N–H and O–H groups in total. The molecule has 12 heteroatoms. The molecule has 1 aromatic heterocycles. The van der Waals surface area contributed by atoms with Crippen molar-refractivity contribution in [1.29, 1.82) is 0 Å². The molecule has 0 amide bonds. The van der Waals surface area contributed by atoms with Gasteiger partial charge >= 0.3 is 14.4 Å². The summed E-state index contributed by atoms with van der Waals surface area (Å²) in [4.78, 5) is 5.17. The molecule has 0 bridgehead atoms. The molecule has 0 saturated carbocycles. The van der Waals surface area contributed by atoms with Gasteiger partial charge in [0, 0.05) is 35.5 Å². The Morgan fingerprint density at radius 3 is 2.14 bits per heavy atom. The summed E-state index contributed by atoms with van der Waals surface area (Å²) in [6.45, 7) is 6.13. The molecular formula is C16H21Cl2F3N4O2S. The summed E-state index contributed by atoms with van der Waals surface area (Å²) in [5.74, 6) is -0.621. The van der Waals surface area contributed by atoms with Crippen LogP contribution in [0, 0.1) is 0 Å². The van der Waals surface area contributed by atoms with Gasteiger partial charge < -0.3 is 4.90 Å². The Balaban J connectivity index is 0.000000696. The lowest BCUT2D eigenvalue weighted by Crippen LogP contribution is -2.16. The van der Waals surface area contributed by atoms with Crippen LogP contribution in [0.5, 0.6) is 0 Å². The van der Waals surface area contributed by atoms with Crippen LogP contribution in [-0.4, -0.2) is 37.3 Å². The predicted octanol–water partition coefficient (Wildman–Crippen LogP) is 4.75. The lowest BCUT2D eigenvalue weighted by atomic mass is 9.98. The molecule has 0 radical (unpaired) electrons. The fourth-order valence-corrected chi connectivity index (χ4v) is 2.33. The molecule has 2 aromatic rings. The minimum absolute atomic E-state index is 0.157. The van der Waals surface area contributed by atoms with Gasteiger partial charge in [0.25, 0.3) is 5.82 Å². The Bertz CT molecular complexity index is 905. The monoisotopic (exact) mass is 460 g/mol. The number of rotatable bonds is 4. The van der Waals surface area contributed by atoms with Gasteiger partial charge in [-0.3, -0.25) is 0 Å². The van der Waals surface area contributed by atoms with Crippen molar-refractivity contribution in [3.8, 4) is 5.69 Å². The molecule has 6 nitrogen and oxygen atoms in total. The van der Waals surface area contributed by atoms with Crippen LogP contribution in [0.15, 0.2) is 18.2 Å². The first kappa shape index (κ1) is 24.5.